The molecule has 1 saturated heterocycles. The Morgan fingerprint density at radius 2 is 2.13 bits per heavy atom. The van der Waals surface area contributed by atoms with Gasteiger partial charge in [0, 0.05) is 25.4 Å². The van der Waals surface area contributed by atoms with Crippen molar-refractivity contribution in [3.05, 3.63) is 12.3 Å². The van der Waals surface area contributed by atoms with Crippen molar-refractivity contribution >= 4 is 5.97 Å². The summed E-state index contributed by atoms with van der Waals surface area (Å²) in [6, 6.07) is 0. The van der Waals surface area contributed by atoms with Gasteiger partial charge in [-0.25, -0.2) is 4.79 Å². The Bertz CT molecular complexity index is 244. The molecule has 0 bridgehead atoms. The minimum Gasteiger partial charge on any atom is -0.466 e. The highest BCUT2D eigenvalue weighted by Crippen LogP contribution is 2.36. The summed E-state index contributed by atoms with van der Waals surface area (Å²) < 4.78 is 4.56. The Hall–Kier alpha value is -0.990. The second kappa shape index (κ2) is 5.19. The van der Waals surface area contributed by atoms with Crippen LogP contribution in [0.3, 0.4) is 0 Å². The van der Waals surface area contributed by atoms with Crippen LogP contribution < -0.4 is 0 Å². The van der Waals surface area contributed by atoms with E-state index in [-0.39, 0.29) is 5.97 Å². The molecule has 0 aromatic carbocycles. The molecule has 0 aromatic heterocycles. The first-order valence-corrected chi connectivity index (χ1v) is 5.66. The molecule has 3 heteroatoms. The Morgan fingerprint density at radius 1 is 1.47 bits per heavy atom. The molecule has 0 aliphatic carbocycles. The SMILES string of the molecule is CCC1(CC)CCN(C=CC(=O)OC)C1. The van der Waals surface area contributed by atoms with Crippen molar-refractivity contribution < 1.29 is 9.53 Å². The third kappa shape index (κ3) is 2.98. The maximum atomic E-state index is 10.9. The van der Waals surface area contributed by atoms with E-state index in [9.17, 15) is 4.79 Å². The van der Waals surface area contributed by atoms with Crippen LogP contribution in [0.1, 0.15) is 33.1 Å². The van der Waals surface area contributed by atoms with Crippen molar-refractivity contribution in [1.82, 2.24) is 4.90 Å². The molecule has 1 aliphatic rings. The summed E-state index contributed by atoms with van der Waals surface area (Å²) in [6.45, 7) is 6.61. The number of esters is 1. The summed E-state index contributed by atoms with van der Waals surface area (Å²) in [7, 11) is 1.40. The van der Waals surface area contributed by atoms with E-state index in [0.29, 0.717) is 5.41 Å². The summed E-state index contributed by atoms with van der Waals surface area (Å²) in [4.78, 5) is 13.1. The van der Waals surface area contributed by atoms with Crippen molar-refractivity contribution in [2.45, 2.75) is 33.1 Å². The topological polar surface area (TPSA) is 29.5 Å². The number of ether oxygens (including phenoxy) is 1. The lowest BCUT2D eigenvalue weighted by atomic mass is 9.82. The van der Waals surface area contributed by atoms with E-state index >= 15 is 0 Å². The van der Waals surface area contributed by atoms with Crippen LogP contribution in [0.5, 0.6) is 0 Å². The number of carbonyl (C=O) groups is 1. The summed E-state index contributed by atoms with van der Waals surface area (Å²) >= 11 is 0. The van der Waals surface area contributed by atoms with Crippen LogP contribution in [0.4, 0.5) is 0 Å². The van der Waals surface area contributed by atoms with Crippen LogP contribution >= 0.6 is 0 Å². The zero-order chi connectivity index (χ0) is 11.3. The molecule has 1 heterocycles. The number of carbonyl (C=O) groups excluding carboxylic acids is 1. The lowest BCUT2D eigenvalue weighted by molar-refractivity contribution is -0.134. The van der Waals surface area contributed by atoms with Crippen molar-refractivity contribution in [3.63, 3.8) is 0 Å². The number of hydrogen-bond acceptors (Lipinski definition) is 3. The van der Waals surface area contributed by atoms with Gasteiger partial charge in [0.1, 0.15) is 0 Å². The molecule has 0 spiro atoms. The molecular formula is C12H21NO2. The first-order valence-electron chi connectivity index (χ1n) is 5.66. The first-order chi connectivity index (χ1) is 7.15. The molecule has 3 nitrogen and oxygen atoms in total. The van der Waals surface area contributed by atoms with Crippen LogP contribution in [0.2, 0.25) is 0 Å². The molecular weight excluding hydrogens is 190 g/mol. The van der Waals surface area contributed by atoms with Crippen molar-refractivity contribution in [2.24, 2.45) is 5.41 Å². The van der Waals surface area contributed by atoms with Gasteiger partial charge in [-0.1, -0.05) is 13.8 Å². The number of likely N-dealkylation sites (tertiary alicyclic amines) is 1. The monoisotopic (exact) mass is 211 g/mol. The molecule has 0 atom stereocenters. The average molecular weight is 211 g/mol. The Balaban J connectivity index is 2.49. The standard InChI is InChI=1S/C12H21NO2/c1-4-12(5-2)7-9-13(10-12)8-6-11(14)15-3/h6,8H,4-5,7,9-10H2,1-3H3. The second-order valence-electron chi connectivity index (χ2n) is 4.27. The predicted molar refractivity (Wildman–Crippen MR) is 60.4 cm³/mol. The minimum atomic E-state index is -0.277. The molecule has 1 fully saturated rings. The quantitative estimate of drug-likeness (QED) is 0.527. The summed E-state index contributed by atoms with van der Waals surface area (Å²) in [6.07, 6.45) is 7.02. The highest BCUT2D eigenvalue weighted by Gasteiger charge is 2.33. The van der Waals surface area contributed by atoms with Crippen LogP contribution in [0, 0.1) is 5.41 Å². The molecule has 0 amide bonds. The van der Waals surface area contributed by atoms with E-state index in [4.69, 9.17) is 0 Å². The zero-order valence-electron chi connectivity index (χ0n) is 9.95. The fourth-order valence-electron chi connectivity index (χ4n) is 2.16. The van der Waals surface area contributed by atoms with Gasteiger partial charge < -0.3 is 9.64 Å². The van der Waals surface area contributed by atoms with E-state index in [1.165, 1.54) is 32.4 Å². The van der Waals surface area contributed by atoms with E-state index in [0.717, 1.165) is 13.1 Å². The van der Waals surface area contributed by atoms with E-state index in [1.807, 2.05) is 6.20 Å². The maximum absolute atomic E-state index is 10.9. The number of nitrogens with zero attached hydrogens (tertiary/aromatic N) is 1. The first kappa shape index (κ1) is 12.1. The van der Waals surface area contributed by atoms with Crippen molar-refractivity contribution in [1.29, 1.82) is 0 Å². The minimum absolute atomic E-state index is 0.277. The second-order valence-corrected chi connectivity index (χ2v) is 4.27. The van der Waals surface area contributed by atoms with Crippen molar-refractivity contribution in [3.8, 4) is 0 Å². The van der Waals surface area contributed by atoms with Gasteiger partial charge in [-0.2, -0.15) is 0 Å². The number of rotatable bonds is 4. The molecule has 86 valence electrons. The van der Waals surface area contributed by atoms with Gasteiger partial charge in [0.05, 0.1) is 7.11 Å². The van der Waals surface area contributed by atoms with Crippen LogP contribution in [0.15, 0.2) is 12.3 Å². The molecule has 0 aromatic rings. The van der Waals surface area contributed by atoms with Gasteiger partial charge >= 0.3 is 5.97 Å². The van der Waals surface area contributed by atoms with Gasteiger partial charge in [0.2, 0.25) is 0 Å². The fourth-order valence-corrected chi connectivity index (χ4v) is 2.16. The van der Waals surface area contributed by atoms with Crippen LogP contribution in [-0.2, 0) is 9.53 Å². The smallest absolute Gasteiger partial charge is 0.331 e. The van der Waals surface area contributed by atoms with Gasteiger partial charge in [0.15, 0.2) is 0 Å². The highest BCUT2D eigenvalue weighted by atomic mass is 16.5. The van der Waals surface area contributed by atoms with Gasteiger partial charge in [0.25, 0.3) is 0 Å². The molecule has 1 aliphatic heterocycles. The van der Waals surface area contributed by atoms with Crippen LogP contribution in [0.25, 0.3) is 0 Å². The average Bonchev–Trinajstić information content (AvgIpc) is 2.70. The third-order valence-corrected chi connectivity index (χ3v) is 3.59. The Kier molecular flexibility index (Phi) is 4.18. The Labute approximate surface area is 92.1 Å². The van der Waals surface area contributed by atoms with E-state index in [1.54, 1.807) is 0 Å². The van der Waals surface area contributed by atoms with Crippen LogP contribution in [-0.4, -0.2) is 31.1 Å². The third-order valence-electron chi connectivity index (χ3n) is 3.59. The number of hydrogen-bond donors (Lipinski definition) is 0. The zero-order valence-corrected chi connectivity index (χ0v) is 9.95. The maximum Gasteiger partial charge on any atom is 0.331 e. The Morgan fingerprint density at radius 3 is 2.60 bits per heavy atom. The van der Waals surface area contributed by atoms with E-state index < -0.39 is 0 Å². The lowest BCUT2D eigenvalue weighted by Crippen LogP contribution is -2.23. The molecule has 0 radical (unpaired) electrons. The molecule has 0 N–H and O–H groups in total. The summed E-state index contributed by atoms with van der Waals surface area (Å²) in [5.74, 6) is -0.277. The molecule has 1 rings (SSSR count). The van der Waals surface area contributed by atoms with Gasteiger partial charge in [-0.3, -0.25) is 0 Å². The molecule has 0 saturated carbocycles. The highest BCUT2D eigenvalue weighted by molar-refractivity contribution is 5.81. The fraction of sp³-hybridized carbons (Fsp3) is 0.750. The molecule has 15 heavy (non-hydrogen) atoms. The predicted octanol–water partition coefficient (Wildman–Crippen LogP) is 2.19. The summed E-state index contributed by atoms with van der Waals surface area (Å²) in [5.41, 5.74) is 0.459. The van der Waals surface area contributed by atoms with E-state index in [2.05, 4.69) is 23.5 Å². The van der Waals surface area contributed by atoms with Crippen molar-refractivity contribution in [2.75, 3.05) is 20.2 Å². The van der Waals surface area contributed by atoms with Gasteiger partial charge in [-0.05, 0) is 24.7 Å². The molecule has 0 unspecified atom stereocenters. The summed E-state index contributed by atoms with van der Waals surface area (Å²) in [5, 5.41) is 0. The lowest BCUT2D eigenvalue weighted by Gasteiger charge is -2.25. The number of methoxy groups -OCH3 is 1. The normalized spacial score (nSPS) is 19.8. The van der Waals surface area contributed by atoms with Gasteiger partial charge in [-0.15, -0.1) is 0 Å². The largest absolute Gasteiger partial charge is 0.466 e.